The van der Waals surface area contributed by atoms with Gasteiger partial charge in [0.05, 0.1) is 26.0 Å². The minimum Gasteiger partial charge on any atom is -0.337 e. The standard InChI is InChI=1S/C21H16ClN3OS/c1-25(13-14-5-4-10-23-12-14)21(26)16-11-18(19-8-9-20(22)27-19)24-17-7-3-2-6-15(16)17/h2-12H,13H2,1H3. The maximum absolute atomic E-state index is 13.2. The highest BCUT2D eigenvalue weighted by Gasteiger charge is 2.18. The van der Waals surface area contributed by atoms with Crippen LogP contribution in [0, 0.1) is 0 Å². The number of aromatic nitrogens is 2. The molecule has 0 aliphatic rings. The van der Waals surface area contributed by atoms with Crippen molar-refractivity contribution < 1.29 is 4.79 Å². The van der Waals surface area contributed by atoms with Gasteiger partial charge in [-0.05, 0) is 35.9 Å². The second kappa shape index (κ2) is 7.47. The van der Waals surface area contributed by atoms with E-state index >= 15 is 0 Å². The van der Waals surface area contributed by atoms with Crippen LogP contribution in [0.3, 0.4) is 0 Å². The first-order valence-corrected chi connectivity index (χ1v) is 9.61. The van der Waals surface area contributed by atoms with Gasteiger partial charge in [0.15, 0.2) is 0 Å². The second-order valence-electron chi connectivity index (χ2n) is 6.20. The molecule has 4 aromatic rings. The molecule has 27 heavy (non-hydrogen) atoms. The molecule has 0 atom stereocenters. The Balaban J connectivity index is 1.76. The third kappa shape index (κ3) is 3.70. The maximum Gasteiger partial charge on any atom is 0.254 e. The van der Waals surface area contributed by atoms with Crippen molar-refractivity contribution in [2.24, 2.45) is 0 Å². The van der Waals surface area contributed by atoms with Crippen LogP contribution in [0.15, 0.2) is 67.0 Å². The average Bonchev–Trinajstić information content (AvgIpc) is 3.13. The van der Waals surface area contributed by atoms with Gasteiger partial charge in [0.1, 0.15) is 0 Å². The lowest BCUT2D eigenvalue weighted by Crippen LogP contribution is -2.26. The zero-order valence-corrected chi connectivity index (χ0v) is 16.2. The number of nitrogens with zero attached hydrogens (tertiary/aromatic N) is 3. The predicted octanol–water partition coefficient (Wildman–Crippen LogP) is 5.28. The van der Waals surface area contributed by atoms with Gasteiger partial charge >= 0.3 is 0 Å². The van der Waals surface area contributed by atoms with Crippen LogP contribution < -0.4 is 0 Å². The summed E-state index contributed by atoms with van der Waals surface area (Å²) >= 11 is 7.53. The lowest BCUT2D eigenvalue weighted by Gasteiger charge is -2.18. The molecule has 0 bridgehead atoms. The van der Waals surface area contributed by atoms with E-state index in [1.165, 1.54) is 11.3 Å². The summed E-state index contributed by atoms with van der Waals surface area (Å²) < 4.78 is 0.696. The first-order valence-electron chi connectivity index (χ1n) is 8.41. The van der Waals surface area contributed by atoms with Gasteiger partial charge in [-0.25, -0.2) is 4.98 Å². The molecular formula is C21H16ClN3OS. The van der Waals surface area contributed by atoms with Crippen molar-refractivity contribution in [1.82, 2.24) is 14.9 Å². The number of thiophene rings is 1. The minimum atomic E-state index is -0.0543. The van der Waals surface area contributed by atoms with E-state index in [0.717, 1.165) is 27.0 Å². The number of hydrogen-bond donors (Lipinski definition) is 0. The molecule has 1 amide bonds. The zero-order chi connectivity index (χ0) is 18.8. The zero-order valence-electron chi connectivity index (χ0n) is 14.6. The Kier molecular flexibility index (Phi) is 4.88. The maximum atomic E-state index is 13.2. The smallest absolute Gasteiger partial charge is 0.254 e. The molecule has 0 aliphatic carbocycles. The van der Waals surface area contributed by atoms with E-state index in [1.54, 1.807) is 24.3 Å². The van der Waals surface area contributed by atoms with Gasteiger partial charge in [-0.3, -0.25) is 9.78 Å². The molecule has 0 saturated heterocycles. The molecule has 0 N–H and O–H groups in total. The fraction of sp³-hybridized carbons (Fsp3) is 0.0952. The van der Waals surface area contributed by atoms with E-state index < -0.39 is 0 Å². The Morgan fingerprint density at radius 3 is 2.74 bits per heavy atom. The summed E-state index contributed by atoms with van der Waals surface area (Å²) in [6.45, 7) is 0.490. The van der Waals surface area contributed by atoms with Gasteiger partial charge in [-0.1, -0.05) is 35.9 Å². The van der Waals surface area contributed by atoms with Crippen LogP contribution in [0.2, 0.25) is 4.34 Å². The highest BCUT2D eigenvalue weighted by atomic mass is 35.5. The summed E-state index contributed by atoms with van der Waals surface area (Å²) in [7, 11) is 1.80. The van der Waals surface area contributed by atoms with Gasteiger partial charge in [-0.15, -0.1) is 11.3 Å². The lowest BCUT2D eigenvalue weighted by molar-refractivity contribution is 0.0787. The van der Waals surface area contributed by atoms with E-state index in [4.69, 9.17) is 16.6 Å². The Bertz CT molecular complexity index is 1110. The number of para-hydroxylation sites is 1. The second-order valence-corrected chi connectivity index (χ2v) is 7.91. The molecule has 4 nitrogen and oxygen atoms in total. The molecule has 0 radical (unpaired) electrons. The van der Waals surface area contributed by atoms with Crippen LogP contribution in [-0.4, -0.2) is 27.8 Å². The normalized spacial score (nSPS) is 10.9. The number of rotatable bonds is 4. The molecule has 0 spiro atoms. The highest BCUT2D eigenvalue weighted by molar-refractivity contribution is 7.19. The SMILES string of the molecule is CN(Cc1cccnc1)C(=O)c1cc(-c2ccc(Cl)s2)nc2ccccc12. The molecule has 6 heteroatoms. The topological polar surface area (TPSA) is 46.1 Å². The number of fused-ring (bicyclic) bond motifs is 1. The summed E-state index contributed by atoms with van der Waals surface area (Å²) in [6, 6.07) is 17.1. The van der Waals surface area contributed by atoms with Gasteiger partial charge in [0.25, 0.3) is 5.91 Å². The third-order valence-electron chi connectivity index (χ3n) is 4.26. The fourth-order valence-electron chi connectivity index (χ4n) is 2.97. The lowest BCUT2D eigenvalue weighted by atomic mass is 10.1. The van der Waals surface area contributed by atoms with E-state index in [-0.39, 0.29) is 5.91 Å². The molecule has 0 aliphatic heterocycles. The molecule has 3 aromatic heterocycles. The number of benzene rings is 1. The number of halogens is 1. The molecule has 0 fully saturated rings. The fourth-order valence-corrected chi connectivity index (χ4v) is 3.98. The van der Waals surface area contributed by atoms with Gasteiger partial charge < -0.3 is 4.90 Å². The summed E-state index contributed by atoms with van der Waals surface area (Å²) in [5.41, 5.74) is 3.16. The Morgan fingerprint density at radius 2 is 2.00 bits per heavy atom. The van der Waals surface area contributed by atoms with Crippen molar-refractivity contribution in [2.45, 2.75) is 6.54 Å². The molecule has 0 saturated carbocycles. The van der Waals surface area contributed by atoms with Crippen LogP contribution in [0.1, 0.15) is 15.9 Å². The van der Waals surface area contributed by atoms with Crippen molar-refractivity contribution in [3.63, 3.8) is 0 Å². The van der Waals surface area contributed by atoms with Crippen molar-refractivity contribution in [2.75, 3.05) is 7.05 Å². The van der Waals surface area contributed by atoms with Gasteiger partial charge in [0.2, 0.25) is 0 Å². The molecule has 0 unspecified atom stereocenters. The number of pyridine rings is 2. The first kappa shape index (κ1) is 17.6. The molecule has 134 valence electrons. The highest BCUT2D eigenvalue weighted by Crippen LogP contribution is 2.32. The van der Waals surface area contributed by atoms with E-state index in [1.807, 2.05) is 54.6 Å². The Labute approximate surface area is 166 Å². The third-order valence-corrected chi connectivity index (χ3v) is 5.52. The summed E-state index contributed by atoms with van der Waals surface area (Å²) in [5.74, 6) is -0.0543. The summed E-state index contributed by atoms with van der Waals surface area (Å²) in [4.78, 5) is 24.7. The summed E-state index contributed by atoms with van der Waals surface area (Å²) in [6.07, 6.45) is 3.49. The van der Waals surface area contributed by atoms with Crippen LogP contribution >= 0.6 is 22.9 Å². The average molecular weight is 394 g/mol. The predicted molar refractivity (Wildman–Crippen MR) is 110 cm³/mol. The largest absolute Gasteiger partial charge is 0.337 e. The molecule has 3 heterocycles. The van der Waals surface area contributed by atoms with E-state index in [0.29, 0.717) is 16.4 Å². The van der Waals surface area contributed by atoms with Crippen LogP contribution in [-0.2, 0) is 6.54 Å². The van der Waals surface area contributed by atoms with E-state index in [9.17, 15) is 4.79 Å². The summed E-state index contributed by atoms with van der Waals surface area (Å²) in [5, 5.41) is 0.840. The van der Waals surface area contributed by atoms with Crippen LogP contribution in [0.5, 0.6) is 0 Å². The van der Waals surface area contributed by atoms with Crippen molar-refractivity contribution in [3.8, 4) is 10.6 Å². The minimum absolute atomic E-state index is 0.0543. The molecular weight excluding hydrogens is 378 g/mol. The molecule has 4 rings (SSSR count). The van der Waals surface area contributed by atoms with Crippen LogP contribution in [0.25, 0.3) is 21.5 Å². The van der Waals surface area contributed by atoms with Crippen molar-refractivity contribution in [1.29, 1.82) is 0 Å². The Morgan fingerprint density at radius 1 is 1.15 bits per heavy atom. The van der Waals surface area contributed by atoms with Crippen LogP contribution in [0.4, 0.5) is 0 Å². The number of hydrogen-bond acceptors (Lipinski definition) is 4. The quantitative estimate of drug-likeness (QED) is 0.473. The number of carbonyl (C=O) groups excluding carboxylic acids is 1. The molecule has 1 aromatic carbocycles. The number of carbonyl (C=O) groups is 1. The first-order chi connectivity index (χ1) is 13.1. The monoisotopic (exact) mass is 393 g/mol. The Hall–Kier alpha value is -2.76. The van der Waals surface area contributed by atoms with Gasteiger partial charge in [0, 0.05) is 31.4 Å². The van der Waals surface area contributed by atoms with E-state index in [2.05, 4.69) is 4.98 Å². The van der Waals surface area contributed by atoms with Gasteiger partial charge in [-0.2, -0.15) is 0 Å². The number of amides is 1. The van der Waals surface area contributed by atoms with Crippen molar-refractivity contribution in [3.05, 3.63) is 82.5 Å². The van der Waals surface area contributed by atoms with Crippen molar-refractivity contribution >= 4 is 39.7 Å².